The van der Waals surface area contributed by atoms with E-state index in [0.29, 0.717) is 17.9 Å². The van der Waals surface area contributed by atoms with E-state index in [2.05, 4.69) is 10.6 Å². The summed E-state index contributed by atoms with van der Waals surface area (Å²) in [5.41, 5.74) is 4.02. The molecule has 3 aromatic carbocycles. The van der Waals surface area contributed by atoms with Crippen molar-refractivity contribution in [3.05, 3.63) is 99.0 Å². The monoisotopic (exact) mass is 466 g/mol. The fourth-order valence-electron chi connectivity index (χ4n) is 4.73. The highest BCUT2D eigenvalue weighted by Crippen LogP contribution is 2.52. The van der Waals surface area contributed by atoms with Gasteiger partial charge < -0.3 is 10.6 Å². The van der Waals surface area contributed by atoms with Crippen LogP contribution in [0.3, 0.4) is 0 Å². The Hall–Kier alpha value is -2.82. The fraction of sp³-hybridized carbons (Fsp3) is 0.231. The topological polar surface area (TPSA) is 58.2 Å². The van der Waals surface area contributed by atoms with Crippen LogP contribution in [-0.4, -0.2) is 11.8 Å². The number of halogens is 2. The van der Waals surface area contributed by atoms with E-state index >= 15 is 0 Å². The van der Waals surface area contributed by atoms with Crippen molar-refractivity contribution in [2.24, 2.45) is 0 Å². The maximum absolute atomic E-state index is 13.1. The molecule has 2 heterocycles. The lowest BCUT2D eigenvalue weighted by atomic mass is 9.66. The fourth-order valence-corrected chi connectivity index (χ4v) is 5.04. The highest BCUT2D eigenvalue weighted by Gasteiger charge is 2.55. The summed E-state index contributed by atoms with van der Waals surface area (Å²) in [5, 5.41) is 7.45. The second-order valence-corrected chi connectivity index (χ2v) is 9.09. The van der Waals surface area contributed by atoms with Crippen LogP contribution in [0, 0.1) is 13.8 Å². The first-order valence-corrected chi connectivity index (χ1v) is 11.3. The molecular weight excluding hydrogens is 443 g/mol. The van der Waals surface area contributed by atoms with Gasteiger partial charge in [0.1, 0.15) is 5.41 Å². The highest BCUT2D eigenvalue weighted by atomic mass is 35.5. The van der Waals surface area contributed by atoms with Gasteiger partial charge in [0.2, 0.25) is 11.8 Å². The molecule has 6 heteroatoms. The molecule has 0 aromatic heterocycles. The summed E-state index contributed by atoms with van der Waals surface area (Å²) in [7, 11) is 0. The molecule has 5 rings (SSSR count). The molecule has 0 bridgehead atoms. The molecule has 0 radical (unpaired) electrons. The Kier molecular flexibility index (Phi) is 6.27. The van der Waals surface area contributed by atoms with Crippen LogP contribution in [0.25, 0.3) is 0 Å². The van der Waals surface area contributed by atoms with E-state index < -0.39 is 11.5 Å². The standard InChI is InChI=1S/C20H19ClN2O2.C6H5Cl/c1-11-4-3-5-12(2)17(11)18-20(9-8-16(24)23-18)14-7-6-13(21)10-15(14)22-19(20)25;7-6-4-2-1-3-5-6/h3-7,10,18H,8-9H2,1-2H3,(H,22,25)(H,23,24);1-5H/t18-,20-;/m1./s1. The number of hydrogen-bond acceptors (Lipinski definition) is 2. The predicted octanol–water partition coefficient (Wildman–Crippen LogP) is 6.14. The van der Waals surface area contributed by atoms with Crippen LogP contribution in [-0.2, 0) is 15.0 Å². The lowest BCUT2D eigenvalue weighted by Crippen LogP contribution is -2.53. The minimum absolute atomic E-state index is 0.0199. The van der Waals surface area contributed by atoms with Crippen molar-refractivity contribution in [2.75, 3.05) is 5.32 Å². The Balaban J connectivity index is 0.000000300. The number of rotatable bonds is 1. The van der Waals surface area contributed by atoms with Gasteiger partial charge in [-0.15, -0.1) is 0 Å². The zero-order chi connectivity index (χ0) is 22.9. The van der Waals surface area contributed by atoms with Gasteiger partial charge >= 0.3 is 0 Å². The van der Waals surface area contributed by atoms with E-state index in [1.807, 2.05) is 68.4 Å². The maximum atomic E-state index is 13.1. The molecule has 2 aliphatic rings. The predicted molar refractivity (Wildman–Crippen MR) is 129 cm³/mol. The number of aryl methyl sites for hydroxylation is 2. The molecule has 4 nitrogen and oxygen atoms in total. The van der Waals surface area contributed by atoms with E-state index in [4.69, 9.17) is 23.2 Å². The van der Waals surface area contributed by atoms with E-state index in [0.717, 1.165) is 33.0 Å². The van der Waals surface area contributed by atoms with Crippen molar-refractivity contribution in [3.8, 4) is 0 Å². The van der Waals surface area contributed by atoms with E-state index in [1.54, 1.807) is 12.1 Å². The summed E-state index contributed by atoms with van der Waals surface area (Å²) in [4.78, 5) is 25.3. The number of benzene rings is 3. The van der Waals surface area contributed by atoms with Crippen molar-refractivity contribution < 1.29 is 9.59 Å². The number of nitrogens with one attached hydrogen (secondary N) is 2. The van der Waals surface area contributed by atoms with Gasteiger partial charge in [0.15, 0.2) is 0 Å². The second kappa shape index (κ2) is 8.97. The first-order chi connectivity index (χ1) is 15.3. The smallest absolute Gasteiger partial charge is 0.237 e. The molecule has 2 amide bonds. The second-order valence-electron chi connectivity index (χ2n) is 8.22. The van der Waals surface area contributed by atoms with Gasteiger partial charge in [-0.3, -0.25) is 9.59 Å². The van der Waals surface area contributed by atoms with Crippen LogP contribution >= 0.6 is 23.2 Å². The molecule has 2 atom stereocenters. The Labute approximate surface area is 197 Å². The lowest BCUT2D eigenvalue weighted by Gasteiger charge is -2.41. The van der Waals surface area contributed by atoms with Crippen LogP contribution in [0.5, 0.6) is 0 Å². The van der Waals surface area contributed by atoms with Crippen LogP contribution in [0.1, 0.15) is 41.1 Å². The van der Waals surface area contributed by atoms with E-state index in [1.165, 1.54) is 0 Å². The number of anilines is 1. The number of carbonyl (C=O) groups is 2. The number of piperidine rings is 1. The van der Waals surface area contributed by atoms with Gasteiger partial charge in [0, 0.05) is 22.2 Å². The SMILES string of the molecule is Cc1cccc(C)c1[C@H]1NC(=O)CC[C@]12C(=O)Nc1cc(Cl)ccc12.Clc1ccccc1. The van der Waals surface area contributed by atoms with Crippen LogP contribution in [0.15, 0.2) is 66.7 Å². The molecule has 1 saturated heterocycles. The minimum Gasteiger partial charge on any atom is -0.348 e. The van der Waals surface area contributed by atoms with Crippen molar-refractivity contribution >= 4 is 40.7 Å². The van der Waals surface area contributed by atoms with Gasteiger partial charge in [-0.1, -0.05) is 65.7 Å². The molecule has 3 aromatic rings. The average molecular weight is 467 g/mol. The normalized spacial score (nSPS) is 21.3. The molecule has 2 aliphatic heterocycles. The summed E-state index contributed by atoms with van der Waals surface area (Å²) < 4.78 is 0. The quantitative estimate of drug-likeness (QED) is 0.452. The third-order valence-electron chi connectivity index (χ3n) is 6.22. The van der Waals surface area contributed by atoms with Gasteiger partial charge in [0.05, 0.1) is 6.04 Å². The highest BCUT2D eigenvalue weighted by molar-refractivity contribution is 6.31. The molecule has 164 valence electrons. The molecule has 2 N–H and O–H groups in total. The third kappa shape index (κ3) is 4.01. The van der Waals surface area contributed by atoms with E-state index in [9.17, 15) is 9.59 Å². The zero-order valence-electron chi connectivity index (χ0n) is 17.9. The molecule has 0 unspecified atom stereocenters. The van der Waals surface area contributed by atoms with Gasteiger partial charge in [-0.2, -0.15) is 0 Å². The summed E-state index contributed by atoms with van der Waals surface area (Å²) in [5.74, 6) is -0.0917. The van der Waals surface area contributed by atoms with Crippen LogP contribution < -0.4 is 10.6 Å². The summed E-state index contributed by atoms with van der Waals surface area (Å²) in [6.45, 7) is 4.04. The van der Waals surface area contributed by atoms with Crippen LogP contribution in [0.2, 0.25) is 10.0 Å². The van der Waals surface area contributed by atoms with Crippen molar-refractivity contribution in [1.82, 2.24) is 5.32 Å². The summed E-state index contributed by atoms with van der Waals surface area (Å²) in [6, 6.07) is 20.6. The first-order valence-electron chi connectivity index (χ1n) is 10.5. The summed E-state index contributed by atoms with van der Waals surface area (Å²) >= 11 is 11.6. The number of hydrogen-bond donors (Lipinski definition) is 2. The zero-order valence-corrected chi connectivity index (χ0v) is 19.4. The van der Waals surface area contributed by atoms with Crippen molar-refractivity contribution in [1.29, 1.82) is 0 Å². The molecule has 1 fully saturated rings. The molecular formula is C26H24Cl2N2O2. The van der Waals surface area contributed by atoms with Gasteiger partial charge in [0.25, 0.3) is 0 Å². The average Bonchev–Trinajstić information content (AvgIpc) is 3.02. The number of carbonyl (C=O) groups excluding carboxylic acids is 2. The van der Waals surface area contributed by atoms with Crippen LogP contribution in [0.4, 0.5) is 5.69 Å². The van der Waals surface area contributed by atoms with Crippen molar-refractivity contribution in [3.63, 3.8) is 0 Å². The molecule has 1 spiro atoms. The minimum atomic E-state index is -0.801. The third-order valence-corrected chi connectivity index (χ3v) is 6.71. The lowest BCUT2D eigenvalue weighted by molar-refractivity contribution is -0.130. The first kappa shape index (κ1) is 22.4. The van der Waals surface area contributed by atoms with Gasteiger partial charge in [-0.25, -0.2) is 0 Å². The summed E-state index contributed by atoms with van der Waals surface area (Å²) in [6.07, 6.45) is 0.814. The molecule has 0 aliphatic carbocycles. The maximum Gasteiger partial charge on any atom is 0.237 e. The number of amides is 2. The van der Waals surface area contributed by atoms with Gasteiger partial charge in [-0.05, 0) is 66.8 Å². The Morgan fingerprint density at radius 1 is 0.875 bits per heavy atom. The largest absolute Gasteiger partial charge is 0.348 e. The Bertz CT molecular complexity index is 1160. The Morgan fingerprint density at radius 2 is 1.56 bits per heavy atom. The number of fused-ring (bicyclic) bond motifs is 2. The molecule has 0 saturated carbocycles. The van der Waals surface area contributed by atoms with E-state index in [-0.39, 0.29) is 11.8 Å². The molecule has 32 heavy (non-hydrogen) atoms. The van der Waals surface area contributed by atoms with Crippen molar-refractivity contribution in [2.45, 2.75) is 38.1 Å². The Morgan fingerprint density at radius 3 is 2.19 bits per heavy atom.